The summed E-state index contributed by atoms with van der Waals surface area (Å²) in [7, 11) is 3.80. The van der Waals surface area contributed by atoms with Crippen molar-refractivity contribution in [3.8, 4) is 6.07 Å². The predicted octanol–water partition coefficient (Wildman–Crippen LogP) is 1.89. The molecule has 0 N–H and O–H groups in total. The Morgan fingerprint density at radius 3 is 2.68 bits per heavy atom. The summed E-state index contributed by atoms with van der Waals surface area (Å²) in [5, 5.41) is 13.0. The Balaban J connectivity index is 1.55. The molecule has 7 heteroatoms. The van der Waals surface area contributed by atoms with Gasteiger partial charge in [-0.05, 0) is 29.8 Å². The Hall–Kier alpha value is -2.43. The summed E-state index contributed by atoms with van der Waals surface area (Å²) in [5.74, 6) is 1.27. The van der Waals surface area contributed by atoms with Crippen molar-refractivity contribution >= 4 is 5.95 Å². The Bertz CT molecular complexity index is 742. The Kier molecular flexibility index (Phi) is 5.31. The predicted molar refractivity (Wildman–Crippen MR) is 95.0 cm³/mol. The molecule has 0 spiro atoms. The zero-order chi connectivity index (χ0) is 17.8. The molecule has 7 nitrogen and oxygen atoms in total. The van der Waals surface area contributed by atoms with E-state index in [1.807, 2.05) is 37.2 Å². The van der Waals surface area contributed by atoms with Gasteiger partial charge in [0, 0.05) is 46.3 Å². The van der Waals surface area contributed by atoms with Crippen LogP contribution in [0.3, 0.4) is 0 Å². The molecule has 0 radical (unpaired) electrons. The molecule has 1 aromatic carbocycles. The second-order valence-electron chi connectivity index (χ2n) is 6.61. The van der Waals surface area contributed by atoms with E-state index >= 15 is 0 Å². The number of benzene rings is 1. The average Bonchev–Trinajstić information content (AvgIpc) is 3.10. The third-order valence-electron chi connectivity index (χ3n) is 4.67. The van der Waals surface area contributed by atoms with Gasteiger partial charge in [-0.25, -0.2) is 0 Å². The highest BCUT2D eigenvalue weighted by Gasteiger charge is 2.23. The van der Waals surface area contributed by atoms with Crippen LogP contribution in [0.5, 0.6) is 0 Å². The van der Waals surface area contributed by atoms with Crippen LogP contribution < -0.4 is 4.90 Å². The number of piperazine rings is 1. The topological polar surface area (TPSA) is 72.4 Å². The summed E-state index contributed by atoms with van der Waals surface area (Å²) in [5.41, 5.74) is 1.91. The fourth-order valence-electron chi connectivity index (χ4n) is 3.07. The molecule has 1 aliphatic heterocycles. The first-order valence-corrected chi connectivity index (χ1v) is 8.53. The number of nitriles is 1. The van der Waals surface area contributed by atoms with Crippen molar-refractivity contribution in [3.05, 3.63) is 41.3 Å². The van der Waals surface area contributed by atoms with Gasteiger partial charge in [-0.2, -0.15) is 10.2 Å². The van der Waals surface area contributed by atoms with Crippen molar-refractivity contribution in [1.82, 2.24) is 19.9 Å². The lowest BCUT2D eigenvalue weighted by molar-refractivity contribution is 0.0905. The van der Waals surface area contributed by atoms with E-state index in [1.165, 1.54) is 5.56 Å². The van der Waals surface area contributed by atoms with Crippen LogP contribution in [-0.2, 0) is 6.54 Å². The van der Waals surface area contributed by atoms with E-state index in [2.05, 4.69) is 39.0 Å². The van der Waals surface area contributed by atoms with E-state index < -0.39 is 0 Å². The lowest BCUT2D eigenvalue weighted by Gasteiger charge is -2.37. The maximum Gasteiger partial charge on any atom is 0.265 e. The lowest BCUT2D eigenvalue weighted by atomic mass is 10.0. The van der Waals surface area contributed by atoms with E-state index in [9.17, 15) is 0 Å². The van der Waals surface area contributed by atoms with E-state index in [0.717, 1.165) is 31.7 Å². The van der Waals surface area contributed by atoms with Crippen LogP contribution in [0, 0.1) is 11.3 Å². The zero-order valence-electron chi connectivity index (χ0n) is 15.0. The van der Waals surface area contributed by atoms with Gasteiger partial charge in [0.1, 0.15) is 0 Å². The van der Waals surface area contributed by atoms with Gasteiger partial charge < -0.3 is 9.42 Å². The highest BCUT2D eigenvalue weighted by Crippen LogP contribution is 2.23. The van der Waals surface area contributed by atoms with E-state index in [0.29, 0.717) is 24.4 Å². The quantitative estimate of drug-likeness (QED) is 0.823. The molecule has 1 fully saturated rings. The molecule has 1 aliphatic rings. The molecule has 2 heterocycles. The summed E-state index contributed by atoms with van der Waals surface area (Å²) in [4.78, 5) is 11.0. The standard InChI is InChI=1S/C18H24N6O/c1-14(16-6-4-5-15(11-16)12-19)24-9-7-23(8-10-24)13-17-20-18(21-25-17)22(2)3/h4-6,11,14H,7-10,13H2,1-3H3/t14-/m1/s1. The van der Waals surface area contributed by atoms with Gasteiger partial charge in [0.2, 0.25) is 5.89 Å². The molecule has 3 rings (SSSR count). The summed E-state index contributed by atoms with van der Waals surface area (Å²) < 4.78 is 5.31. The van der Waals surface area contributed by atoms with Gasteiger partial charge in [0.15, 0.2) is 0 Å². The second-order valence-corrected chi connectivity index (χ2v) is 6.61. The van der Waals surface area contributed by atoms with Crippen LogP contribution in [0.1, 0.15) is 30.0 Å². The van der Waals surface area contributed by atoms with Crippen molar-refractivity contribution in [1.29, 1.82) is 5.26 Å². The van der Waals surface area contributed by atoms with Gasteiger partial charge in [-0.1, -0.05) is 12.1 Å². The summed E-state index contributed by atoms with van der Waals surface area (Å²) in [6.07, 6.45) is 0. The van der Waals surface area contributed by atoms with Crippen LogP contribution in [0.4, 0.5) is 5.95 Å². The highest BCUT2D eigenvalue weighted by molar-refractivity contribution is 5.34. The molecule has 0 saturated carbocycles. The molecule has 25 heavy (non-hydrogen) atoms. The smallest absolute Gasteiger partial charge is 0.265 e. The lowest BCUT2D eigenvalue weighted by Crippen LogP contribution is -2.46. The maximum atomic E-state index is 9.07. The number of nitrogens with zero attached hydrogens (tertiary/aromatic N) is 6. The molecular weight excluding hydrogens is 316 g/mol. The van der Waals surface area contributed by atoms with Gasteiger partial charge in [0.25, 0.3) is 5.95 Å². The van der Waals surface area contributed by atoms with Gasteiger partial charge in [-0.3, -0.25) is 9.80 Å². The molecule has 0 amide bonds. The molecule has 132 valence electrons. The molecule has 1 saturated heterocycles. The van der Waals surface area contributed by atoms with Crippen molar-refractivity contribution in [2.75, 3.05) is 45.2 Å². The Morgan fingerprint density at radius 1 is 1.28 bits per heavy atom. The molecule has 2 aromatic rings. The third kappa shape index (κ3) is 4.16. The Morgan fingerprint density at radius 2 is 2.04 bits per heavy atom. The number of hydrogen-bond donors (Lipinski definition) is 0. The van der Waals surface area contributed by atoms with Crippen molar-refractivity contribution in [3.63, 3.8) is 0 Å². The summed E-state index contributed by atoms with van der Waals surface area (Å²) in [6, 6.07) is 10.4. The first-order valence-electron chi connectivity index (χ1n) is 8.53. The maximum absolute atomic E-state index is 9.07. The first kappa shape index (κ1) is 17.4. The first-order chi connectivity index (χ1) is 12.1. The van der Waals surface area contributed by atoms with Crippen LogP contribution in [0.25, 0.3) is 0 Å². The van der Waals surface area contributed by atoms with Gasteiger partial charge >= 0.3 is 0 Å². The minimum atomic E-state index is 0.305. The monoisotopic (exact) mass is 340 g/mol. The van der Waals surface area contributed by atoms with Crippen LogP contribution in [0.15, 0.2) is 28.8 Å². The summed E-state index contributed by atoms with van der Waals surface area (Å²) in [6.45, 7) is 6.77. The molecule has 1 atom stereocenters. The minimum Gasteiger partial charge on any atom is -0.344 e. The van der Waals surface area contributed by atoms with Crippen LogP contribution >= 0.6 is 0 Å². The number of rotatable bonds is 5. The molecule has 0 aliphatic carbocycles. The van der Waals surface area contributed by atoms with Crippen LogP contribution in [0.2, 0.25) is 0 Å². The van der Waals surface area contributed by atoms with Gasteiger partial charge in [-0.15, -0.1) is 0 Å². The van der Waals surface area contributed by atoms with E-state index in [-0.39, 0.29) is 0 Å². The van der Waals surface area contributed by atoms with Gasteiger partial charge in [0.05, 0.1) is 18.2 Å². The zero-order valence-corrected chi connectivity index (χ0v) is 15.0. The Labute approximate surface area is 148 Å². The molecular formula is C18H24N6O. The fourth-order valence-corrected chi connectivity index (χ4v) is 3.07. The van der Waals surface area contributed by atoms with Crippen molar-refractivity contribution in [2.24, 2.45) is 0 Å². The normalized spacial score (nSPS) is 17.2. The highest BCUT2D eigenvalue weighted by atomic mass is 16.5. The van der Waals surface area contributed by atoms with Crippen molar-refractivity contribution < 1.29 is 4.52 Å². The third-order valence-corrected chi connectivity index (χ3v) is 4.67. The summed E-state index contributed by atoms with van der Waals surface area (Å²) >= 11 is 0. The fraction of sp³-hybridized carbons (Fsp3) is 0.500. The number of hydrogen-bond acceptors (Lipinski definition) is 7. The average molecular weight is 340 g/mol. The van der Waals surface area contributed by atoms with Crippen molar-refractivity contribution in [2.45, 2.75) is 19.5 Å². The second kappa shape index (κ2) is 7.64. The molecule has 0 unspecified atom stereocenters. The molecule has 1 aromatic heterocycles. The number of aromatic nitrogens is 2. The molecule has 0 bridgehead atoms. The minimum absolute atomic E-state index is 0.305. The SMILES string of the molecule is C[C@H](c1cccc(C#N)c1)N1CCN(Cc2nc(N(C)C)no2)CC1. The number of anilines is 1. The van der Waals surface area contributed by atoms with E-state index in [1.54, 1.807) is 0 Å². The van der Waals surface area contributed by atoms with Crippen LogP contribution in [-0.4, -0.2) is 60.2 Å². The van der Waals surface area contributed by atoms with E-state index in [4.69, 9.17) is 9.78 Å². The largest absolute Gasteiger partial charge is 0.344 e.